The zero-order chi connectivity index (χ0) is 11.5. The van der Waals surface area contributed by atoms with Gasteiger partial charge in [0, 0.05) is 17.0 Å². The number of hydrogen-bond acceptors (Lipinski definition) is 3. The molecule has 84 valence electrons. The maximum absolute atomic E-state index is 11.6. The molecule has 0 aliphatic heterocycles. The van der Waals surface area contributed by atoms with Crippen molar-refractivity contribution in [3.05, 3.63) is 29.8 Å². The van der Waals surface area contributed by atoms with Crippen molar-refractivity contribution in [3.8, 4) is 0 Å². The van der Waals surface area contributed by atoms with Crippen molar-refractivity contribution in [3.63, 3.8) is 0 Å². The number of carbonyl (C=O) groups is 1. The van der Waals surface area contributed by atoms with Crippen molar-refractivity contribution in [2.75, 3.05) is 5.73 Å². The van der Waals surface area contributed by atoms with E-state index in [1.807, 2.05) is 6.92 Å². The number of hydrogen-bond donors (Lipinski definition) is 2. The topological polar surface area (TPSA) is 67.5 Å². The van der Waals surface area contributed by atoms with Crippen LogP contribution in [-0.4, -0.2) is 11.6 Å². The predicted molar refractivity (Wildman–Crippen MR) is 64.2 cm³/mol. The molecule has 4 heteroatoms. The van der Waals surface area contributed by atoms with Gasteiger partial charge in [0.25, 0.3) is 5.91 Å². The number of anilines is 1. The van der Waals surface area contributed by atoms with Crippen LogP contribution >= 0.6 is 0 Å². The summed E-state index contributed by atoms with van der Waals surface area (Å²) in [6.07, 6.45) is 2.38. The number of nitrogen functional groups attached to an aromatic ring is 1. The van der Waals surface area contributed by atoms with E-state index in [0.29, 0.717) is 17.2 Å². The number of benzene rings is 1. The molecule has 16 heavy (non-hydrogen) atoms. The summed E-state index contributed by atoms with van der Waals surface area (Å²) in [6.45, 7) is 1.95. The molecule has 0 saturated heterocycles. The van der Waals surface area contributed by atoms with E-state index in [2.05, 4.69) is 10.5 Å². The first-order valence-corrected chi connectivity index (χ1v) is 5.37. The van der Waals surface area contributed by atoms with Gasteiger partial charge in [0.1, 0.15) is 0 Å². The van der Waals surface area contributed by atoms with E-state index in [9.17, 15) is 4.79 Å². The fourth-order valence-electron chi connectivity index (χ4n) is 1.43. The highest BCUT2D eigenvalue weighted by molar-refractivity contribution is 5.96. The molecule has 0 spiro atoms. The van der Waals surface area contributed by atoms with Crippen LogP contribution in [0.15, 0.2) is 29.4 Å². The van der Waals surface area contributed by atoms with Crippen molar-refractivity contribution in [1.82, 2.24) is 5.43 Å². The summed E-state index contributed by atoms with van der Waals surface area (Å²) in [5.74, 6) is 0.381. The van der Waals surface area contributed by atoms with Gasteiger partial charge in [0.2, 0.25) is 0 Å². The van der Waals surface area contributed by atoms with Gasteiger partial charge in [0.15, 0.2) is 0 Å². The van der Waals surface area contributed by atoms with Crippen molar-refractivity contribution < 1.29 is 4.79 Å². The van der Waals surface area contributed by atoms with Crippen LogP contribution in [0.3, 0.4) is 0 Å². The lowest BCUT2D eigenvalue weighted by Crippen LogP contribution is -2.19. The van der Waals surface area contributed by atoms with Crippen LogP contribution in [0.2, 0.25) is 0 Å². The first-order valence-electron chi connectivity index (χ1n) is 5.37. The summed E-state index contributed by atoms with van der Waals surface area (Å²) in [7, 11) is 0. The lowest BCUT2D eigenvalue weighted by molar-refractivity contribution is 0.0954. The third-order valence-corrected chi connectivity index (χ3v) is 2.67. The average molecular weight is 217 g/mol. The second-order valence-corrected chi connectivity index (χ2v) is 4.09. The highest BCUT2D eigenvalue weighted by Gasteiger charge is 2.24. The molecule has 1 aliphatic rings. The maximum Gasteiger partial charge on any atom is 0.271 e. The van der Waals surface area contributed by atoms with E-state index < -0.39 is 0 Å². The molecule has 0 atom stereocenters. The number of hydrazone groups is 1. The molecule has 0 aromatic heterocycles. The van der Waals surface area contributed by atoms with Crippen LogP contribution in [0.1, 0.15) is 30.1 Å². The normalized spacial score (nSPS) is 15.9. The molecular weight excluding hydrogens is 202 g/mol. The zero-order valence-electron chi connectivity index (χ0n) is 9.23. The molecule has 1 amide bonds. The van der Waals surface area contributed by atoms with Gasteiger partial charge in [-0.2, -0.15) is 5.10 Å². The lowest BCUT2D eigenvalue weighted by atomic mass is 10.2. The van der Waals surface area contributed by atoms with Gasteiger partial charge >= 0.3 is 0 Å². The Labute approximate surface area is 94.5 Å². The second-order valence-electron chi connectivity index (χ2n) is 4.09. The molecule has 1 aliphatic carbocycles. The highest BCUT2D eigenvalue weighted by atomic mass is 16.2. The molecule has 4 nitrogen and oxygen atoms in total. The van der Waals surface area contributed by atoms with Crippen LogP contribution in [0.5, 0.6) is 0 Å². The van der Waals surface area contributed by atoms with Crippen LogP contribution in [-0.2, 0) is 0 Å². The second kappa shape index (κ2) is 4.35. The predicted octanol–water partition coefficient (Wildman–Crippen LogP) is 1.78. The van der Waals surface area contributed by atoms with Gasteiger partial charge in [-0.25, -0.2) is 5.43 Å². The first-order chi connectivity index (χ1) is 7.66. The summed E-state index contributed by atoms with van der Waals surface area (Å²) in [6, 6.07) is 6.78. The zero-order valence-corrected chi connectivity index (χ0v) is 9.23. The number of nitrogens with one attached hydrogen (secondary N) is 1. The molecule has 0 heterocycles. The highest BCUT2D eigenvalue weighted by Crippen LogP contribution is 2.30. The average Bonchev–Trinajstić information content (AvgIpc) is 3.10. The molecular formula is C12H15N3O. The molecule has 1 aromatic carbocycles. The summed E-state index contributed by atoms with van der Waals surface area (Å²) >= 11 is 0. The number of carbonyl (C=O) groups excluding carboxylic acids is 1. The number of nitrogens with zero attached hydrogens (tertiary/aromatic N) is 1. The van der Waals surface area contributed by atoms with Gasteiger partial charge < -0.3 is 5.73 Å². The standard InChI is InChI=1S/C12H15N3O/c1-8(9-2-3-9)14-15-12(16)10-4-6-11(13)7-5-10/h4-7,9H,2-3,13H2,1H3,(H,15,16). The Morgan fingerprint density at radius 3 is 2.56 bits per heavy atom. The minimum absolute atomic E-state index is 0.194. The smallest absolute Gasteiger partial charge is 0.271 e. The Bertz CT molecular complexity index is 418. The summed E-state index contributed by atoms with van der Waals surface area (Å²) < 4.78 is 0. The van der Waals surface area contributed by atoms with Crippen LogP contribution < -0.4 is 11.2 Å². The van der Waals surface area contributed by atoms with Gasteiger partial charge in [-0.3, -0.25) is 4.79 Å². The fourth-order valence-corrected chi connectivity index (χ4v) is 1.43. The van der Waals surface area contributed by atoms with Crippen molar-refractivity contribution in [2.24, 2.45) is 11.0 Å². The molecule has 2 rings (SSSR count). The Morgan fingerprint density at radius 1 is 1.38 bits per heavy atom. The van der Waals surface area contributed by atoms with Gasteiger partial charge in [-0.05, 0) is 49.9 Å². The minimum Gasteiger partial charge on any atom is -0.399 e. The van der Waals surface area contributed by atoms with E-state index in [1.165, 1.54) is 12.8 Å². The molecule has 0 unspecified atom stereocenters. The van der Waals surface area contributed by atoms with E-state index in [1.54, 1.807) is 24.3 Å². The van der Waals surface area contributed by atoms with Crippen molar-refractivity contribution >= 4 is 17.3 Å². The molecule has 3 N–H and O–H groups in total. The van der Waals surface area contributed by atoms with Gasteiger partial charge in [0.05, 0.1) is 0 Å². The number of nitrogens with two attached hydrogens (primary N) is 1. The van der Waals surface area contributed by atoms with E-state index in [-0.39, 0.29) is 5.91 Å². The Kier molecular flexibility index (Phi) is 2.90. The number of rotatable bonds is 3. The van der Waals surface area contributed by atoms with E-state index in [0.717, 1.165) is 5.71 Å². The molecule has 0 radical (unpaired) electrons. The van der Waals surface area contributed by atoms with Crippen LogP contribution in [0.4, 0.5) is 5.69 Å². The number of amides is 1. The third kappa shape index (κ3) is 2.59. The molecule has 1 aromatic rings. The maximum atomic E-state index is 11.6. The van der Waals surface area contributed by atoms with E-state index in [4.69, 9.17) is 5.73 Å². The van der Waals surface area contributed by atoms with Crippen LogP contribution in [0, 0.1) is 5.92 Å². The quantitative estimate of drug-likeness (QED) is 0.460. The SMILES string of the molecule is CC(=NNC(=O)c1ccc(N)cc1)C1CC1. The van der Waals surface area contributed by atoms with Crippen molar-refractivity contribution in [2.45, 2.75) is 19.8 Å². The first kappa shape index (κ1) is 10.7. The summed E-state index contributed by atoms with van der Waals surface area (Å²) in [5.41, 5.74) is 10.3. The Balaban J connectivity index is 1.97. The largest absolute Gasteiger partial charge is 0.399 e. The summed E-state index contributed by atoms with van der Waals surface area (Å²) in [5, 5.41) is 4.07. The van der Waals surface area contributed by atoms with Gasteiger partial charge in [-0.1, -0.05) is 0 Å². The minimum atomic E-state index is -0.194. The van der Waals surface area contributed by atoms with Crippen molar-refractivity contribution in [1.29, 1.82) is 0 Å². The summed E-state index contributed by atoms with van der Waals surface area (Å²) in [4.78, 5) is 11.6. The molecule has 1 saturated carbocycles. The fraction of sp³-hybridized carbons (Fsp3) is 0.333. The lowest BCUT2D eigenvalue weighted by Gasteiger charge is -2.01. The third-order valence-electron chi connectivity index (χ3n) is 2.67. The molecule has 0 bridgehead atoms. The Hall–Kier alpha value is -1.84. The molecule has 1 fully saturated rings. The van der Waals surface area contributed by atoms with E-state index >= 15 is 0 Å². The monoisotopic (exact) mass is 217 g/mol. The Morgan fingerprint density at radius 2 is 2.00 bits per heavy atom. The van der Waals surface area contributed by atoms with Crippen LogP contribution in [0.25, 0.3) is 0 Å². The van der Waals surface area contributed by atoms with Gasteiger partial charge in [-0.15, -0.1) is 0 Å².